The third-order valence-electron chi connectivity index (χ3n) is 4.38. The number of amides is 1. The molecule has 0 atom stereocenters. The molecule has 3 rings (SSSR count). The fourth-order valence-electron chi connectivity index (χ4n) is 2.76. The van der Waals surface area contributed by atoms with Crippen molar-refractivity contribution in [2.75, 3.05) is 10.8 Å². The van der Waals surface area contributed by atoms with Crippen LogP contribution in [0.5, 0.6) is 0 Å². The summed E-state index contributed by atoms with van der Waals surface area (Å²) in [6, 6.07) is 14.5. The van der Waals surface area contributed by atoms with E-state index in [1.54, 1.807) is 56.3 Å². The van der Waals surface area contributed by atoms with Gasteiger partial charge < -0.3 is 4.42 Å². The summed E-state index contributed by atoms with van der Waals surface area (Å²) in [6.45, 7) is 2.98. The number of sulfonamides is 1. The van der Waals surface area contributed by atoms with E-state index in [2.05, 4.69) is 26.5 Å². The minimum absolute atomic E-state index is 0.0570. The molecule has 0 aliphatic carbocycles. The quantitative estimate of drug-likeness (QED) is 0.359. The van der Waals surface area contributed by atoms with Crippen LogP contribution in [-0.2, 0) is 14.8 Å². The van der Waals surface area contributed by atoms with Gasteiger partial charge in [-0.05, 0) is 59.6 Å². The van der Waals surface area contributed by atoms with Gasteiger partial charge in [-0.25, -0.2) is 13.8 Å². The van der Waals surface area contributed by atoms with E-state index in [9.17, 15) is 13.2 Å². The number of furan rings is 1. The standard InChI is InChI=1S/C21H19BrClN3O4S/c1-14-19(23)9-6-10-20(14)26(31(28,29)17-7-4-3-5-8-17)13-21(27)25-24-12-16-11-18(22)15(2)30-16/h3-12H,13H2,1-2H3,(H,25,27)/b24-12-. The number of nitrogens with zero attached hydrogens (tertiary/aromatic N) is 2. The van der Waals surface area contributed by atoms with Crippen LogP contribution in [0.4, 0.5) is 5.69 Å². The van der Waals surface area contributed by atoms with Gasteiger partial charge in [0.15, 0.2) is 0 Å². The number of hydrogen-bond acceptors (Lipinski definition) is 5. The summed E-state index contributed by atoms with van der Waals surface area (Å²) in [7, 11) is -4.03. The Morgan fingerprint density at radius 1 is 1.19 bits per heavy atom. The Labute approximate surface area is 193 Å². The van der Waals surface area contributed by atoms with Gasteiger partial charge >= 0.3 is 0 Å². The molecule has 0 aliphatic rings. The molecule has 0 saturated carbocycles. The van der Waals surface area contributed by atoms with E-state index in [0.29, 0.717) is 27.8 Å². The van der Waals surface area contributed by atoms with Crippen LogP contribution in [0.25, 0.3) is 0 Å². The minimum Gasteiger partial charge on any atom is -0.459 e. The average molecular weight is 525 g/mol. The predicted molar refractivity (Wildman–Crippen MR) is 124 cm³/mol. The van der Waals surface area contributed by atoms with Crippen molar-refractivity contribution in [2.24, 2.45) is 5.10 Å². The summed E-state index contributed by atoms with van der Waals surface area (Å²) in [4.78, 5) is 12.6. The Morgan fingerprint density at radius 3 is 2.55 bits per heavy atom. The molecule has 162 valence electrons. The molecule has 10 heteroatoms. The first kappa shape index (κ1) is 23.1. The van der Waals surface area contributed by atoms with Gasteiger partial charge in [0.05, 0.1) is 21.3 Å². The van der Waals surface area contributed by atoms with Gasteiger partial charge in [-0.15, -0.1) is 0 Å². The lowest BCUT2D eigenvalue weighted by Crippen LogP contribution is -2.40. The van der Waals surface area contributed by atoms with Gasteiger partial charge in [-0.2, -0.15) is 5.10 Å². The minimum atomic E-state index is -4.03. The first-order valence-electron chi connectivity index (χ1n) is 9.11. The maximum absolute atomic E-state index is 13.3. The summed E-state index contributed by atoms with van der Waals surface area (Å²) in [5.41, 5.74) is 3.18. The van der Waals surface area contributed by atoms with E-state index in [4.69, 9.17) is 16.0 Å². The summed E-state index contributed by atoms with van der Waals surface area (Å²) in [6.07, 6.45) is 1.33. The highest BCUT2D eigenvalue weighted by molar-refractivity contribution is 9.10. The zero-order valence-corrected chi connectivity index (χ0v) is 19.8. The molecule has 0 saturated heterocycles. The molecule has 7 nitrogen and oxygen atoms in total. The van der Waals surface area contributed by atoms with E-state index in [0.717, 1.165) is 8.78 Å². The van der Waals surface area contributed by atoms with E-state index in [-0.39, 0.29) is 4.90 Å². The summed E-state index contributed by atoms with van der Waals surface area (Å²) >= 11 is 9.52. The predicted octanol–water partition coefficient (Wildman–Crippen LogP) is 4.66. The Bertz CT molecular complexity index is 1210. The third kappa shape index (κ3) is 5.36. The number of hydrazone groups is 1. The Hall–Kier alpha value is -2.62. The molecule has 1 amide bonds. The molecule has 31 heavy (non-hydrogen) atoms. The second-order valence-corrected chi connectivity index (χ2v) is 9.68. The molecule has 0 spiro atoms. The topological polar surface area (TPSA) is 92.0 Å². The Balaban J connectivity index is 1.88. The van der Waals surface area contributed by atoms with Gasteiger partial charge in [-0.3, -0.25) is 9.10 Å². The Kier molecular flexibility index (Phi) is 7.19. The number of aryl methyl sites for hydroxylation is 1. The van der Waals surface area contributed by atoms with Crippen LogP contribution in [0.1, 0.15) is 17.1 Å². The van der Waals surface area contributed by atoms with Crippen molar-refractivity contribution in [2.45, 2.75) is 18.7 Å². The highest BCUT2D eigenvalue weighted by Crippen LogP contribution is 2.30. The van der Waals surface area contributed by atoms with Gasteiger partial charge in [-0.1, -0.05) is 35.9 Å². The number of carbonyl (C=O) groups excluding carboxylic acids is 1. The summed E-state index contributed by atoms with van der Waals surface area (Å²) in [5.74, 6) is 0.478. The average Bonchev–Trinajstić information content (AvgIpc) is 3.06. The maximum Gasteiger partial charge on any atom is 0.264 e. The smallest absolute Gasteiger partial charge is 0.264 e. The molecule has 1 N–H and O–H groups in total. The molecule has 2 aromatic carbocycles. The summed E-state index contributed by atoms with van der Waals surface area (Å²) in [5, 5.41) is 4.24. The lowest BCUT2D eigenvalue weighted by atomic mass is 10.2. The molecule has 1 heterocycles. The van der Waals surface area contributed by atoms with Crippen molar-refractivity contribution >= 4 is 55.4 Å². The molecular weight excluding hydrogens is 506 g/mol. The van der Waals surface area contributed by atoms with Crippen LogP contribution < -0.4 is 9.73 Å². The van der Waals surface area contributed by atoms with Crippen molar-refractivity contribution in [1.82, 2.24) is 5.43 Å². The van der Waals surface area contributed by atoms with Crippen LogP contribution in [0.15, 0.2) is 73.5 Å². The molecule has 1 aromatic heterocycles. The van der Waals surface area contributed by atoms with E-state index < -0.39 is 22.5 Å². The SMILES string of the molecule is Cc1oc(/C=N\NC(=O)CN(c2cccc(Cl)c2C)S(=O)(=O)c2ccccc2)cc1Br. The third-order valence-corrected chi connectivity index (χ3v) is 7.35. The second kappa shape index (κ2) is 9.67. The zero-order valence-electron chi connectivity index (χ0n) is 16.7. The highest BCUT2D eigenvalue weighted by Gasteiger charge is 2.28. The summed E-state index contributed by atoms with van der Waals surface area (Å²) < 4.78 is 33.8. The number of rotatable bonds is 7. The van der Waals surface area contributed by atoms with Crippen molar-refractivity contribution in [1.29, 1.82) is 0 Å². The van der Waals surface area contributed by atoms with E-state index in [1.165, 1.54) is 18.3 Å². The molecule has 0 unspecified atom stereocenters. The van der Waals surface area contributed by atoms with Crippen molar-refractivity contribution in [3.05, 3.63) is 81.2 Å². The van der Waals surface area contributed by atoms with Gasteiger partial charge in [0.1, 0.15) is 18.1 Å². The normalized spacial score (nSPS) is 11.6. The Morgan fingerprint density at radius 2 is 1.90 bits per heavy atom. The number of hydrogen-bond donors (Lipinski definition) is 1. The molecule has 3 aromatic rings. The van der Waals surface area contributed by atoms with Crippen molar-refractivity contribution in [3.63, 3.8) is 0 Å². The number of anilines is 1. The van der Waals surface area contributed by atoms with Gasteiger partial charge in [0.25, 0.3) is 15.9 Å². The van der Waals surface area contributed by atoms with E-state index in [1.807, 2.05) is 0 Å². The highest BCUT2D eigenvalue weighted by atomic mass is 79.9. The van der Waals surface area contributed by atoms with Gasteiger partial charge in [0, 0.05) is 11.1 Å². The van der Waals surface area contributed by atoms with Crippen molar-refractivity contribution < 1.29 is 17.6 Å². The fourth-order valence-corrected chi connectivity index (χ4v) is 4.74. The van der Waals surface area contributed by atoms with Crippen molar-refractivity contribution in [3.8, 4) is 0 Å². The van der Waals surface area contributed by atoms with E-state index >= 15 is 0 Å². The second-order valence-electron chi connectivity index (χ2n) is 6.55. The number of nitrogens with one attached hydrogen (secondary N) is 1. The molecular formula is C21H19BrClN3O4S. The monoisotopic (exact) mass is 523 g/mol. The molecule has 0 bridgehead atoms. The molecule has 0 aliphatic heterocycles. The van der Waals surface area contributed by atoms with Crippen LogP contribution in [-0.4, -0.2) is 27.1 Å². The van der Waals surface area contributed by atoms with Crippen LogP contribution in [0.3, 0.4) is 0 Å². The lowest BCUT2D eigenvalue weighted by Gasteiger charge is -2.25. The van der Waals surface area contributed by atoms with Crippen LogP contribution in [0, 0.1) is 13.8 Å². The number of halogens is 2. The first-order valence-corrected chi connectivity index (χ1v) is 11.7. The first-order chi connectivity index (χ1) is 14.7. The van der Waals surface area contributed by atoms with Crippen LogP contribution in [0.2, 0.25) is 5.02 Å². The zero-order chi connectivity index (χ0) is 22.6. The number of carbonyl (C=O) groups is 1. The maximum atomic E-state index is 13.3. The van der Waals surface area contributed by atoms with Crippen LogP contribution >= 0.6 is 27.5 Å². The largest absolute Gasteiger partial charge is 0.459 e. The van der Waals surface area contributed by atoms with Gasteiger partial charge in [0.2, 0.25) is 0 Å². The molecule has 0 radical (unpaired) electrons. The molecule has 0 fully saturated rings. The number of benzene rings is 2. The lowest BCUT2D eigenvalue weighted by molar-refractivity contribution is -0.119. The fraction of sp³-hybridized carbons (Fsp3) is 0.143.